The minimum Gasteiger partial charge on any atom is -0.443 e. The lowest BCUT2D eigenvalue weighted by atomic mass is 10.0. The average molecular weight is 637 g/mol. The molecule has 1 saturated heterocycles. The van der Waals surface area contributed by atoms with Gasteiger partial charge in [0.05, 0.1) is 24.8 Å². The Labute approximate surface area is 247 Å². The van der Waals surface area contributed by atoms with E-state index in [0.29, 0.717) is 17.1 Å². The molecule has 242 valence electrons. The molecule has 1 fully saturated rings. The van der Waals surface area contributed by atoms with Gasteiger partial charge in [-0.2, -0.15) is 13.2 Å². The second-order valence-electron chi connectivity index (χ2n) is 11.6. The number of carbonyl (C=O) groups excluding carboxylic acids is 3. The highest BCUT2D eigenvalue weighted by atomic mass is 19.4. The molecular weight excluding hydrogens is 605 g/mol. The van der Waals surface area contributed by atoms with Gasteiger partial charge in [0.25, 0.3) is 5.91 Å². The Balaban J connectivity index is 1.62. The molecule has 0 unspecified atom stereocenters. The number of nitrogens with zero attached hydrogens (tertiary/aromatic N) is 5. The van der Waals surface area contributed by atoms with Crippen LogP contribution in [0, 0.1) is 17.5 Å². The van der Waals surface area contributed by atoms with Gasteiger partial charge in [-0.15, -0.1) is 0 Å². The van der Waals surface area contributed by atoms with Crippen molar-refractivity contribution in [2.75, 3.05) is 19.6 Å². The molecule has 4 rings (SSSR count). The number of carbonyl (C=O) groups is 3. The minimum absolute atomic E-state index is 0.0183. The van der Waals surface area contributed by atoms with Crippen LogP contribution < -0.4 is 5.84 Å². The molecule has 0 radical (unpaired) electrons. The molecule has 2 atom stereocenters. The van der Waals surface area contributed by atoms with E-state index in [2.05, 4.69) is 4.98 Å². The molecule has 2 aromatic rings. The number of amides is 3. The topological polar surface area (TPSA) is 114 Å². The molecule has 1 aromatic carbocycles. The lowest BCUT2D eigenvalue weighted by molar-refractivity contribution is -0.148. The normalized spacial score (nSPS) is 17.8. The van der Waals surface area contributed by atoms with E-state index in [1.54, 1.807) is 0 Å². The number of halogens is 7. The van der Waals surface area contributed by atoms with Crippen molar-refractivity contribution in [1.29, 1.82) is 0 Å². The van der Waals surface area contributed by atoms with E-state index in [-0.39, 0.29) is 31.7 Å². The Kier molecular flexibility index (Phi) is 9.19. The number of aromatic nitrogens is 2. The molecular formula is C27H31F7N6O4. The number of hydrogen-bond donors (Lipinski definition) is 1. The van der Waals surface area contributed by atoms with Crippen LogP contribution in [0.1, 0.15) is 61.2 Å². The first-order valence-corrected chi connectivity index (χ1v) is 13.6. The van der Waals surface area contributed by atoms with Gasteiger partial charge in [0, 0.05) is 32.1 Å². The maximum Gasteiger partial charge on any atom is 0.449 e. The molecule has 0 spiro atoms. The second kappa shape index (κ2) is 12.2. The first kappa shape index (κ1) is 33.0. The highest BCUT2D eigenvalue weighted by Crippen LogP contribution is 2.33. The summed E-state index contributed by atoms with van der Waals surface area (Å²) in [6.07, 6.45) is -8.55. The Morgan fingerprint density at radius 2 is 1.70 bits per heavy atom. The van der Waals surface area contributed by atoms with E-state index < -0.39 is 102 Å². The number of hydrogen-bond acceptors (Lipinski definition) is 6. The zero-order chi connectivity index (χ0) is 32.7. The van der Waals surface area contributed by atoms with Crippen molar-refractivity contribution in [3.05, 3.63) is 52.4 Å². The van der Waals surface area contributed by atoms with Crippen LogP contribution in [0.3, 0.4) is 0 Å². The number of ether oxygens (including phenoxy) is 1. The minimum atomic E-state index is -4.93. The van der Waals surface area contributed by atoms with Crippen LogP contribution in [0.25, 0.3) is 0 Å². The maximum atomic E-state index is 14.5. The van der Waals surface area contributed by atoms with E-state index >= 15 is 0 Å². The summed E-state index contributed by atoms with van der Waals surface area (Å²) < 4.78 is 103. The van der Waals surface area contributed by atoms with Crippen molar-refractivity contribution in [1.82, 2.24) is 24.4 Å². The maximum absolute atomic E-state index is 14.5. The van der Waals surface area contributed by atoms with Crippen LogP contribution in [0.5, 0.6) is 0 Å². The van der Waals surface area contributed by atoms with Crippen LogP contribution in [-0.2, 0) is 35.2 Å². The number of nitrogens with two attached hydrogens (primary N) is 1. The number of alkyl halides is 4. The smallest absolute Gasteiger partial charge is 0.443 e. The Morgan fingerprint density at radius 1 is 1.05 bits per heavy atom. The van der Waals surface area contributed by atoms with Gasteiger partial charge in [0.15, 0.2) is 17.3 Å². The molecule has 2 aliphatic rings. The highest BCUT2D eigenvalue weighted by molar-refractivity contribution is 5.94. The van der Waals surface area contributed by atoms with Gasteiger partial charge in [0.1, 0.15) is 17.6 Å². The van der Waals surface area contributed by atoms with Crippen molar-refractivity contribution in [2.24, 2.45) is 5.84 Å². The fraction of sp³-hybridized carbons (Fsp3) is 0.556. The molecule has 44 heavy (non-hydrogen) atoms. The highest BCUT2D eigenvalue weighted by Gasteiger charge is 2.43. The van der Waals surface area contributed by atoms with Crippen molar-refractivity contribution in [3.63, 3.8) is 0 Å². The fourth-order valence-electron chi connectivity index (χ4n) is 5.06. The molecule has 3 amide bonds. The van der Waals surface area contributed by atoms with Gasteiger partial charge in [0.2, 0.25) is 11.7 Å². The van der Waals surface area contributed by atoms with Crippen LogP contribution in [0.4, 0.5) is 35.5 Å². The molecule has 3 heterocycles. The summed E-state index contributed by atoms with van der Waals surface area (Å²) in [6, 6.07) is -0.519. The largest absolute Gasteiger partial charge is 0.449 e. The predicted molar refractivity (Wildman–Crippen MR) is 139 cm³/mol. The van der Waals surface area contributed by atoms with Crippen molar-refractivity contribution < 1.29 is 49.9 Å². The SMILES string of the molecule is CC(C)(C)OC(=O)N(N)[C@@H](CC(=O)N1CCn2c(C(F)(F)F)nc(C(=O)N3CC[C@@H](F)C3)c2C1)Cc1cc(F)c(F)cc1F. The van der Waals surface area contributed by atoms with Crippen LogP contribution >= 0.6 is 0 Å². The van der Waals surface area contributed by atoms with Crippen LogP contribution in [0.15, 0.2) is 12.1 Å². The number of benzene rings is 1. The predicted octanol–water partition coefficient (Wildman–Crippen LogP) is 3.96. The summed E-state index contributed by atoms with van der Waals surface area (Å²) in [5, 5.41) is 0.509. The first-order valence-electron chi connectivity index (χ1n) is 13.6. The summed E-state index contributed by atoms with van der Waals surface area (Å²) >= 11 is 0. The summed E-state index contributed by atoms with van der Waals surface area (Å²) in [4.78, 5) is 45.0. The van der Waals surface area contributed by atoms with Gasteiger partial charge in [-0.3, -0.25) is 9.59 Å². The monoisotopic (exact) mass is 636 g/mol. The van der Waals surface area contributed by atoms with Gasteiger partial charge in [-0.25, -0.2) is 38.2 Å². The third-order valence-corrected chi connectivity index (χ3v) is 7.19. The molecule has 2 N–H and O–H groups in total. The first-order chi connectivity index (χ1) is 20.4. The number of likely N-dealkylation sites (tertiary alicyclic amines) is 1. The average Bonchev–Trinajstić information content (AvgIpc) is 3.52. The Morgan fingerprint density at radius 3 is 2.30 bits per heavy atom. The number of rotatable bonds is 6. The van der Waals surface area contributed by atoms with E-state index in [1.165, 1.54) is 20.8 Å². The zero-order valence-electron chi connectivity index (χ0n) is 24.1. The quantitative estimate of drug-likeness (QED) is 0.169. The summed E-state index contributed by atoms with van der Waals surface area (Å²) in [6.45, 7) is 3.11. The van der Waals surface area contributed by atoms with E-state index in [1.807, 2.05) is 0 Å². The van der Waals surface area contributed by atoms with E-state index in [0.717, 1.165) is 14.4 Å². The Bertz CT molecular complexity index is 1440. The third kappa shape index (κ3) is 7.25. The lowest BCUT2D eigenvalue weighted by Gasteiger charge is -2.33. The van der Waals surface area contributed by atoms with Crippen molar-refractivity contribution >= 4 is 17.9 Å². The van der Waals surface area contributed by atoms with Crippen molar-refractivity contribution in [3.8, 4) is 0 Å². The molecule has 0 aliphatic carbocycles. The molecule has 17 heteroatoms. The molecule has 2 aliphatic heterocycles. The van der Waals surface area contributed by atoms with Gasteiger partial charge in [-0.1, -0.05) is 0 Å². The van der Waals surface area contributed by atoms with Crippen LogP contribution in [-0.4, -0.2) is 79.7 Å². The van der Waals surface area contributed by atoms with Crippen LogP contribution in [0.2, 0.25) is 0 Å². The third-order valence-electron chi connectivity index (χ3n) is 7.19. The van der Waals surface area contributed by atoms with E-state index in [9.17, 15) is 45.1 Å². The fourth-order valence-corrected chi connectivity index (χ4v) is 5.06. The second-order valence-corrected chi connectivity index (χ2v) is 11.6. The number of imidazole rings is 1. The van der Waals surface area contributed by atoms with E-state index in [4.69, 9.17) is 10.6 Å². The molecule has 0 saturated carbocycles. The summed E-state index contributed by atoms with van der Waals surface area (Å²) in [5.74, 6) is -1.06. The molecule has 1 aromatic heterocycles. The van der Waals surface area contributed by atoms with Crippen molar-refractivity contribution in [2.45, 2.75) is 77.1 Å². The molecule has 0 bridgehead atoms. The van der Waals surface area contributed by atoms with Gasteiger partial charge < -0.3 is 19.1 Å². The van der Waals surface area contributed by atoms with Gasteiger partial charge in [-0.05, 0) is 45.2 Å². The number of fused-ring (bicyclic) bond motifs is 1. The summed E-state index contributed by atoms with van der Waals surface area (Å²) in [5.41, 5.74) is -2.22. The summed E-state index contributed by atoms with van der Waals surface area (Å²) in [7, 11) is 0. The Hall–Kier alpha value is -3.89. The zero-order valence-corrected chi connectivity index (χ0v) is 24.1. The standard InChI is InChI=1S/C27H31F7N6O4/c1-26(2,3)44-25(43)40(35)16(8-14-9-18(30)19(31)11-17(14)29)10-21(41)37-6-7-39-20(13-37)22(36-24(39)27(32,33)34)23(42)38-5-4-15(28)12-38/h9,11,15-16H,4-8,10,12-13,35H2,1-3H3/t15-,16-/m1/s1. The lowest BCUT2D eigenvalue weighted by Crippen LogP contribution is -2.51. The molecule has 10 nitrogen and oxygen atoms in total. The van der Waals surface area contributed by atoms with Gasteiger partial charge >= 0.3 is 12.3 Å². The number of hydrazine groups is 1.